The van der Waals surface area contributed by atoms with Gasteiger partial charge in [0, 0.05) is 12.1 Å². The van der Waals surface area contributed by atoms with Gasteiger partial charge in [-0.1, -0.05) is 36.4 Å². The lowest BCUT2D eigenvalue weighted by Gasteiger charge is -2.08. The number of aromatic nitrogens is 3. The molecule has 3 aromatic rings. The Morgan fingerprint density at radius 1 is 1.12 bits per heavy atom. The summed E-state index contributed by atoms with van der Waals surface area (Å²) in [5.41, 5.74) is 2.01. The van der Waals surface area contributed by atoms with Gasteiger partial charge in [-0.05, 0) is 42.0 Å². The molecule has 0 aliphatic heterocycles. The van der Waals surface area contributed by atoms with Gasteiger partial charge < -0.3 is 9.84 Å². The molecular formula is C19H19N3O2S. The van der Waals surface area contributed by atoms with E-state index >= 15 is 0 Å². The number of nitrogens with zero attached hydrogens (tertiary/aromatic N) is 3. The summed E-state index contributed by atoms with van der Waals surface area (Å²) < 4.78 is 9.48. The van der Waals surface area contributed by atoms with Crippen LogP contribution >= 0.6 is 12.2 Å². The van der Waals surface area contributed by atoms with E-state index in [1.165, 1.54) is 4.68 Å². The van der Waals surface area contributed by atoms with Crippen molar-refractivity contribution in [1.82, 2.24) is 14.3 Å². The predicted octanol–water partition coefficient (Wildman–Crippen LogP) is 3.80. The van der Waals surface area contributed by atoms with E-state index in [0.29, 0.717) is 23.7 Å². The van der Waals surface area contributed by atoms with Crippen molar-refractivity contribution in [2.24, 2.45) is 0 Å². The van der Waals surface area contributed by atoms with Crippen molar-refractivity contribution in [2.75, 3.05) is 0 Å². The minimum absolute atomic E-state index is 0.256. The Morgan fingerprint density at radius 3 is 2.48 bits per heavy atom. The molecule has 128 valence electrons. The molecule has 2 aromatic carbocycles. The molecule has 0 aliphatic carbocycles. The fourth-order valence-electron chi connectivity index (χ4n) is 2.48. The average Bonchev–Trinajstić information content (AvgIpc) is 2.98. The molecule has 6 heteroatoms. The predicted molar refractivity (Wildman–Crippen MR) is 99.7 cm³/mol. The molecule has 0 saturated heterocycles. The van der Waals surface area contributed by atoms with Crippen LogP contribution in [-0.4, -0.2) is 19.5 Å². The van der Waals surface area contributed by atoms with Crippen LogP contribution in [0.15, 0.2) is 67.3 Å². The highest BCUT2D eigenvalue weighted by molar-refractivity contribution is 7.71. The SMILES string of the molecule is C=CCn1c(-c2ccc(OCc3ccccc3)cc2)nn(CO)c1=S. The lowest BCUT2D eigenvalue weighted by Crippen LogP contribution is -2.01. The van der Waals surface area contributed by atoms with Crippen LogP contribution in [0.1, 0.15) is 5.56 Å². The van der Waals surface area contributed by atoms with Crippen molar-refractivity contribution >= 4 is 12.2 Å². The first-order chi connectivity index (χ1) is 12.2. The van der Waals surface area contributed by atoms with Crippen LogP contribution in [0.4, 0.5) is 0 Å². The van der Waals surface area contributed by atoms with Gasteiger partial charge in [0.2, 0.25) is 4.77 Å². The fraction of sp³-hybridized carbons (Fsp3) is 0.158. The monoisotopic (exact) mass is 353 g/mol. The first-order valence-corrected chi connectivity index (χ1v) is 8.30. The third kappa shape index (κ3) is 3.87. The second kappa shape index (κ2) is 7.92. The minimum atomic E-state index is -0.256. The topological polar surface area (TPSA) is 52.2 Å². The van der Waals surface area contributed by atoms with Gasteiger partial charge in [-0.3, -0.25) is 4.57 Å². The standard InChI is InChI=1S/C19H19N3O2S/c1-2-12-21-18(20-22(14-23)19(21)25)16-8-10-17(11-9-16)24-13-15-6-4-3-5-7-15/h2-11,23H,1,12-14H2. The molecule has 5 nitrogen and oxygen atoms in total. The Bertz CT molecular complexity index is 899. The highest BCUT2D eigenvalue weighted by Gasteiger charge is 2.11. The third-order valence-electron chi connectivity index (χ3n) is 3.73. The van der Waals surface area contributed by atoms with Crippen molar-refractivity contribution in [3.8, 4) is 17.1 Å². The molecule has 0 unspecified atom stereocenters. The van der Waals surface area contributed by atoms with Crippen LogP contribution in [0.5, 0.6) is 5.75 Å². The molecule has 0 saturated carbocycles. The number of aliphatic hydroxyl groups excluding tert-OH is 1. The van der Waals surface area contributed by atoms with E-state index in [-0.39, 0.29) is 6.73 Å². The normalized spacial score (nSPS) is 10.6. The number of rotatable bonds is 7. The zero-order valence-electron chi connectivity index (χ0n) is 13.7. The van der Waals surface area contributed by atoms with Crippen molar-refractivity contribution in [1.29, 1.82) is 0 Å². The third-order valence-corrected chi connectivity index (χ3v) is 4.16. The van der Waals surface area contributed by atoms with Crippen LogP contribution in [0.25, 0.3) is 11.4 Å². The van der Waals surface area contributed by atoms with Crippen molar-refractivity contribution in [2.45, 2.75) is 19.9 Å². The molecule has 0 atom stereocenters. The summed E-state index contributed by atoms with van der Waals surface area (Å²) in [7, 11) is 0. The van der Waals surface area contributed by atoms with E-state index in [4.69, 9.17) is 17.0 Å². The van der Waals surface area contributed by atoms with Crippen molar-refractivity contribution in [3.05, 3.63) is 77.6 Å². The van der Waals surface area contributed by atoms with Crippen LogP contribution in [0.3, 0.4) is 0 Å². The van der Waals surface area contributed by atoms with Crippen LogP contribution in [0.2, 0.25) is 0 Å². The van der Waals surface area contributed by atoms with Gasteiger partial charge in [0.15, 0.2) is 5.82 Å². The van der Waals surface area contributed by atoms with Gasteiger partial charge in [0.05, 0.1) is 0 Å². The lowest BCUT2D eigenvalue weighted by atomic mass is 10.2. The molecular weight excluding hydrogens is 334 g/mol. The number of hydrogen-bond donors (Lipinski definition) is 1. The summed E-state index contributed by atoms with van der Waals surface area (Å²) in [6.07, 6.45) is 1.75. The number of allylic oxidation sites excluding steroid dienone is 1. The lowest BCUT2D eigenvalue weighted by molar-refractivity contribution is 0.192. The maximum absolute atomic E-state index is 9.37. The average molecular weight is 353 g/mol. The Kier molecular flexibility index (Phi) is 5.42. The number of ether oxygens (including phenoxy) is 1. The van der Waals surface area contributed by atoms with E-state index in [1.54, 1.807) is 6.08 Å². The maximum atomic E-state index is 9.37. The van der Waals surface area contributed by atoms with Crippen LogP contribution < -0.4 is 4.74 Å². The summed E-state index contributed by atoms with van der Waals surface area (Å²) in [4.78, 5) is 0. The Hall–Kier alpha value is -2.70. The first-order valence-electron chi connectivity index (χ1n) is 7.89. The summed E-state index contributed by atoms with van der Waals surface area (Å²) in [6, 6.07) is 17.7. The van der Waals surface area contributed by atoms with Crippen LogP contribution in [0, 0.1) is 4.77 Å². The summed E-state index contributed by atoms with van der Waals surface area (Å²) in [5.74, 6) is 1.47. The molecule has 1 heterocycles. The van der Waals surface area contributed by atoms with E-state index in [0.717, 1.165) is 16.9 Å². The minimum Gasteiger partial charge on any atom is -0.489 e. The Labute approximate surface area is 151 Å². The van der Waals surface area contributed by atoms with Gasteiger partial charge in [0.1, 0.15) is 19.1 Å². The van der Waals surface area contributed by atoms with E-state index in [9.17, 15) is 5.11 Å². The first kappa shape index (κ1) is 17.1. The maximum Gasteiger partial charge on any atom is 0.200 e. The van der Waals surface area contributed by atoms with Gasteiger partial charge in [0.25, 0.3) is 0 Å². The molecule has 0 bridgehead atoms. The molecule has 0 fully saturated rings. The molecule has 0 amide bonds. The molecule has 0 spiro atoms. The largest absolute Gasteiger partial charge is 0.489 e. The summed E-state index contributed by atoms with van der Waals surface area (Å²) in [6.45, 7) is 4.54. The van der Waals surface area contributed by atoms with E-state index in [1.807, 2.05) is 59.2 Å². The summed E-state index contributed by atoms with van der Waals surface area (Å²) in [5, 5.41) is 13.7. The zero-order chi connectivity index (χ0) is 17.6. The quantitative estimate of drug-likeness (QED) is 0.519. The number of benzene rings is 2. The second-order valence-corrected chi connectivity index (χ2v) is 5.81. The van der Waals surface area contributed by atoms with Crippen molar-refractivity contribution in [3.63, 3.8) is 0 Å². The smallest absolute Gasteiger partial charge is 0.200 e. The summed E-state index contributed by atoms with van der Waals surface area (Å²) >= 11 is 5.33. The second-order valence-electron chi connectivity index (χ2n) is 5.45. The number of hydrogen-bond acceptors (Lipinski definition) is 4. The highest BCUT2D eigenvalue weighted by atomic mass is 32.1. The molecule has 1 aromatic heterocycles. The van der Waals surface area contributed by atoms with Gasteiger partial charge in [-0.25, -0.2) is 4.68 Å². The molecule has 25 heavy (non-hydrogen) atoms. The Balaban J connectivity index is 1.80. The van der Waals surface area contributed by atoms with Gasteiger partial charge in [-0.2, -0.15) is 0 Å². The fourth-order valence-corrected chi connectivity index (χ4v) is 2.74. The van der Waals surface area contributed by atoms with Gasteiger partial charge in [-0.15, -0.1) is 11.7 Å². The highest BCUT2D eigenvalue weighted by Crippen LogP contribution is 2.22. The van der Waals surface area contributed by atoms with E-state index in [2.05, 4.69) is 11.7 Å². The molecule has 0 aliphatic rings. The Morgan fingerprint density at radius 2 is 1.84 bits per heavy atom. The molecule has 3 rings (SSSR count). The van der Waals surface area contributed by atoms with E-state index < -0.39 is 0 Å². The number of aliphatic hydroxyl groups is 1. The van der Waals surface area contributed by atoms with Crippen LogP contribution in [-0.2, 0) is 19.9 Å². The molecule has 1 N–H and O–H groups in total. The van der Waals surface area contributed by atoms with Crippen molar-refractivity contribution < 1.29 is 9.84 Å². The zero-order valence-corrected chi connectivity index (χ0v) is 14.5. The molecule has 0 radical (unpaired) electrons. The van der Waals surface area contributed by atoms with Gasteiger partial charge >= 0.3 is 0 Å².